The van der Waals surface area contributed by atoms with E-state index in [9.17, 15) is 0 Å². The predicted octanol–water partition coefficient (Wildman–Crippen LogP) is 3.66. The Hall–Kier alpha value is -3.37. The zero-order chi connectivity index (χ0) is 22.2. The molecule has 1 N–H and O–H groups in total. The minimum atomic E-state index is 0.107. The molecular weight excluding hydrogens is 420 g/mol. The van der Waals surface area contributed by atoms with Gasteiger partial charge >= 0.3 is 6.01 Å². The minimum Gasteiger partial charge on any atom is -0.461 e. The minimum absolute atomic E-state index is 0.107. The number of pyridine rings is 1. The normalized spacial score (nSPS) is 10.5. The number of imidazole rings is 1. The Bertz CT molecular complexity index is 1130. The van der Waals surface area contributed by atoms with Gasteiger partial charge in [-0.25, -0.2) is 24.9 Å². The molecule has 0 aliphatic heterocycles. The Morgan fingerprint density at radius 3 is 2.48 bits per heavy atom. The summed E-state index contributed by atoms with van der Waals surface area (Å²) in [7, 11) is 3.50. The molecule has 0 spiro atoms. The number of hydrogen-bond acceptors (Lipinski definition) is 9. The molecule has 0 atom stereocenters. The topological polar surface area (TPSA) is 113 Å². The van der Waals surface area contributed by atoms with Gasteiger partial charge in [0, 0.05) is 14.2 Å². The summed E-state index contributed by atoms with van der Waals surface area (Å²) in [6.45, 7) is 4.83. The maximum Gasteiger partial charge on any atom is 0.316 e. The van der Waals surface area contributed by atoms with E-state index in [2.05, 4.69) is 30.2 Å². The van der Waals surface area contributed by atoms with Gasteiger partial charge in [-0.05, 0) is 23.7 Å². The molecular formula is C20H23ClN8O2. The molecule has 0 fully saturated rings. The lowest BCUT2D eigenvalue weighted by Gasteiger charge is -2.10. The molecule has 4 aromatic rings. The zero-order valence-corrected chi connectivity index (χ0v) is 18.5. The van der Waals surface area contributed by atoms with Crippen LogP contribution in [0.2, 0.25) is 5.28 Å². The van der Waals surface area contributed by atoms with Gasteiger partial charge in [-0.2, -0.15) is 4.98 Å². The largest absolute Gasteiger partial charge is 0.461 e. The van der Waals surface area contributed by atoms with E-state index in [0.29, 0.717) is 35.8 Å². The van der Waals surface area contributed by atoms with E-state index in [1.165, 1.54) is 0 Å². The van der Waals surface area contributed by atoms with E-state index in [-0.39, 0.29) is 11.3 Å². The molecule has 0 amide bonds. The maximum absolute atomic E-state index is 6.08. The molecule has 0 bridgehead atoms. The summed E-state index contributed by atoms with van der Waals surface area (Å²) in [5.41, 5.74) is 3.39. The number of methoxy groups -OCH3 is 1. The van der Waals surface area contributed by atoms with Gasteiger partial charge in [0.15, 0.2) is 5.82 Å². The van der Waals surface area contributed by atoms with Gasteiger partial charge in [0.1, 0.15) is 12.1 Å². The number of nitrogens with one attached hydrogen (secondary N) is 1. The van der Waals surface area contributed by atoms with Gasteiger partial charge in [-0.1, -0.05) is 13.8 Å². The Morgan fingerprint density at radius 1 is 1.03 bits per heavy atom. The van der Waals surface area contributed by atoms with E-state index in [4.69, 9.17) is 26.1 Å². The number of halogens is 1. The molecule has 31 heavy (non-hydrogen) atoms. The Labute approximate surface area is 184 Å². The first kappa shape index (κ1) is 22.3. The van der Waals surface area contributed by atoms with Crippen LogP contribution in [-0.2, 0) is 11.8 Å². The van der Waals surface area contributed by atoms with E-state index in [0.717, 1.165) is 11.4 Å². The first-order chi connectivity index (χ1) is 15.1. The number of anilines is 2. The summed E-state index contributed by atoms with van der Waals surface area (Å²) < 4.78 is 12.2. The van der Waals surface area contributed by atoms with Crippen LogP contribution in [0.15, 0.2) is 37.1 Å². The number of aromatic nitrogens is 7. The summed E-state index contributed by atoms with van der Waals surface area (Å²) in [4.78, 5) is 25.7. The van der Waals surface area contributed by atoms with Crippen LogP contribution in [0.4, 0.5) is 11.5 Å². The average molecular weight is 443 g/mol. The number of rotatable bonds is 7. The average Bonchev–Trinajstić information content (AvgIpc) is 3.22. The zero-order valence-electron chi connectivity index (χ0n) is 17.7. The molecule has 0 unspecified atom stereocenters. The summed E-state index contributed by atoms with van der Waals surface area (Å²) in [5, 5.41) is 3.25. The van der Waals surface area contributed by atoms with Crippen molar-refractivity contribution in [1.29, 1.82) is 0 Å². The van der Waals surface area contributed by atoms with Crippen LogP contribution in [0.3, 0.4) is 0 Å². The summed E-state index contributed by atoms with van der Waals surface area (Å²) in [6.07, 6.45) is 6.63. The SMILES string of the molecule is CC.COCCOc1ncc(Nc2nc(Cl)nc3ccc(-c4cncn4C)nc23)cn1. The third-order valence-corrected chi connectivity index (χ3v) is 4.17. The summed E-state index contributed by atoms with van der Waals surface area (Å²) in [5.74, 6) is 0.445. The number of aryl methyl sites for hydroxylation is 1. The molecule has 4 heterocycles. The fourth-order valence-corrected chi connectivity index (χ4v) is 2.80. The number of ether oxygens (including phenoxy) is 2. The highest BCUT2D eigenvalue weighted by Crippen LogP contribution is 2.26. The van der Waals surface area contributed by atoms with Crippen LogP contribution >= 0.6 is 11.6 Å². The van der Waals surface area contributed by atoms with Crippen LogP contribution < -0.4 is 10.1 Å². The molecule has 0 saturated heterocycles. The third kappa shape index (κ3) is 5.41. The Morgan fingerprint density at radius 2 is 1.81 bits per heavy atom. The fourth-order valence-electron chi connectivity index (χ4n) is 2.63. The highest BCUT2D eigenvalue weighted by atomic mass is 35.5. The predicted molar refractivity (Wildman–Crippen MR) is 119 cm³/mol. The molecule has 162 valence electrons. The van der Waals surface area contributed by atoms with Gasteiger partial charge in [-0.15, -0.1) is 0 Å². The van der Waals surface area contributed by atoms with Crippen molar-refractivity contribution in [2.75, 3.05) is 25.6 Å². The molecule has 4 aromatic heterocycles. The van der Waals surface area contributed by atoms with Crippen LogP contribution in [0, 0.1) is 0 Å². The molecule has 10 nitrogen and oxygen atoms in total. The summed E-state index contributed by atoms with van der Waals surface area (Å²) in [6, 6.07) is 3.96. The van der Waals surface area contributed by atoms with Crippen molar-refractivity contribution in [2.45, 2.75) is 13.8 Å². The molecule has 4 rings (SSSR count). The fraction of sp³-hybridized carbons (Fsp3) is 0.300. The lowest BCUT2D eigenvalue weighted by atomic mass is 10.2. The second-order valence-electron chi connectivity index (χ2n) is 6.02. The van der Waals surface area contributed by atoms with E-state index in [1.807, 2.05) is 37.6 Å². The molecule has 11 heteroatoms. The maximum atomic E-state index is 6.08. The van der Waals surface area contributed by atoms with E-state index < -0.39 is 0 Å². The lowest BCUT2D eigenvalue weighted by Crippen LogP contribution is -2.07. The highest BCUT2D eigenvalue weighted by Gasteiger charge is 2.12. The third-order valence-electron chi connectivity index (χ3n) is 4.00. The van der Waals surface area contributed by atoms with Crippen molar-refractivity contribution < 1.29 is 9.47 Å². The second-order valence-corrected chi connectivity index (χ2v) is 6.35. The molecule has 0 saturated carbocycles. The van der Waals surface area contributed by atoms with Crippen molar-refractivity contribution in [1.82, 2.24) is 34.5 Å². The monoisotopic (exact) mass is 442 g/mol. The van der Waals surface area contributed by atoms with Gasteiger partial charge in [0.2, 0.25) is 5.28 Å². The quantitative estimate of drug-likeness (QED) is 0.338. The molecule has 0 aromatic carbocycles. The first-order valence-corrected chi connectivity index (χ1v) is 10.0. The molecule has 0 aliphatic carbocycles. The number of fused-ring (bicyclic) bond motifs is 1. The van der Waals surface area contributed by atoms with Gasteiger partial charge < -0.3 is 19.4 Å². The first-order valence-electron chi connectivity index (χ1n) is 9.66. The van der Waals surface area contributed by atoms with Crippen molar-refractivity contribution in [2.24, 2.45) is 7.05 Å². The Kier molecular flexibility index (Phi) is 7.63. The van der Waals surface area contributed by atoms with Gasteiger partial charge in [0.05, 0.1) is 54.1 Å². The van der Waals surface area contributed by atoms with Crippen LogP contribution in [-0.4, -0.2) is 54.8 Å². The Balaban J connectivity index is 0.00000132. The number of nitrogens with zero attached hydrogens (tertiary/aromatic N) is 7. The van der Waals surface area contributed by atoms with Crippen LogP contribution in [0.5, 0.6) is 6.01 Å². The van der Waals surface area contributed by atoms with Crippen LogP contribution in [0.25, 0.3) is 22.4 Å². The van der Waals surface area contributed by atoms with E-state index in [1.54, 1.807) is 32.0 Å². The molecule has 0 radical (unpaired) electrons. The van der Waals surface area contributed by atoms with Crippen molar-refractivity contribution in [3.8, 4) is 17.4 Å². The van der Waals surface area contributed by atoms with Gasteiger partial charge in [-0.3, -0.25) is 0 Å². The van der Waals surface area contributed by atoms with E-state index >= 15 is 0 Å². The highest BCUT2D eigenvalue weighted by molar-refractivity contribution is 6.28. The number of hydrogen-bond donors (Lipinski definition) is 1. The van der Waals surface area contributed by atoms with Crippen molar-refractivity contribution >= 4 is 34.1 Å². The second kappa shape index (κ2) is 10.6. The summed E-state index contributed by atoms with van der Waals surface area (Å²) >= 11 is 6.08. The van der Waals surface area contributed by atoms with Crippen LogP contribution in [0.1, 0.15) is 13.8 Å². The smallest absolute Gasteiger partial charge is 0.316 e. The molecule has 0 aliphatic rings. The lowest BCUT2D eigenvalue weighted by molar-refractivity contribution is 0.141. The van der Waals surface area contributed by atoms with Gasteiger partial charge in [0.25, 0.3) is 0 Å². The standard InChI is InChI=1S/C18H17ClN8O2.C2H6/c1-27-10-20-9-14(27)12-3-4-13-15(24-12)16(26-17(19)25-13)23-11-7-21-18(22-8-11)29-6-5-28-2;1-2/h3-4,7-10H,5-6H2,1-2H3,(H,23,25,26);1-2H3. The van der Waals surface area contributed by atoms with Crippen molar-refractivity contribution in [3.05, 3.63) is 42.3 Å². The van der Waals surface area contributed by atoms with Crippen molar-refractivity contribution in [3.63, 3.8) is 0 Å².